The summed E-state index contributed by atoms with van der Waals surface area (Å²) in [5.74, 6) is 1.60. The Morgan fingerprint density at radius 2 is 1.95 bits per heavy atom. The quantitative estimate of drug-likeness (QED) is 0.386. The monoisotopic (exact) mass is 298 g/mol. The molecule has 0 amide bonds. The molecule has 0 aromatic rings. The van der Waals surface area contributed by atoms with Gasteiger partial charge in [-0.25, -0.2) is 0 Å². The van der Waals surface area contributed by atoms with Crippen LogP contribution in [-0.4, -0.2) is 63.3 Å². The van der Waals surface area contributed by atoms with Gasteiger partial charge < -0.3 is 15.4 Å². The molecular weight excluding hydrogens is 264 g/mol. The van der Waals surface area contributed by atoms with E-state index in [0.717, 1.165) is 38.2 Å². The highest BCUT2D eigenvalue weighted by Crippen LogP contribution is 2.17. The summed E-state index contributed by atoms with van der Waals surface area (Å²) in [6, 6.07) is 0.609. The average molecular weight is 298 g/mol. The van der Waals surface area contributed by atoms with E-state index < -0.39 is 0 Å². The molecular formula is C16H34N4O. The summed E-state index contributed by atoms with van der Waals surface area (Å²) in [5.41, 5.74) is 0. The second kappa shape index (κ2) is 10.9. The third kappa shape index (κ3) is 7.67. The van der Waals surface area contributed by atoms with Gasteiger partial charge in [-0.2, -0.15) is 0 Å². The van der Waals surface area contributed by atoms with Crippen LogP contribution in [-0.2, 0) is 4.74 Å². The standard InChI is InChI=1S/C16H34N4O/c1-5-21-11-8-18-16(17-4)19-13-15(12-14(2)3)20-9-6-7-10-20/h14-15H,5-13H2,1-4H3,(H2,17,18,19). The lowest BCUT2D eigenvalue weighted by molar-refractivity contribution is 0.152. The van der Waals surface area contributed by atoms with Crippen molar-refractivity contribution in [1.82, 2.24) is 15.5 Å². The summed E-state index contributed by atoms with van der Waals surface area (Å²) in [5, 5.41) is 6.77. The van der Waals surface area contributed by atoms with Gasteiger partial charge >= 0.3 is 0 Å². The molecule has 1 aliphatic rings. The molecule has 124 valence electrons. The Kier molecular flexibility index (Phi) is 9.42. The van der Waals surface area contributed by atoms with E-state index in [0.29, 0.717) is 6.04 Å². The van der Waals surface area contributed by atoms with Crippen molar-refractivity contribution in [2.24, 2.45) is 10.9 Å². The Bertz CT molecular complexity index is 288. The Morgan fingerprint density at radius 3 is 2.52 bits per heavy atom. The third-order valence-electron chi connectivity index (χ3n) is 3.87. The van der Waals surface area contributed by atoms with Crippen LogP contribution < -0.4 is 10.6 Å². The first-order valence-electron chi connectivity index (χ1n) is 8.43. The lowest BCUT2D eigenvalue weighted by Crippen LogP contribution is -2.47. The van der Waals surface area contributed by atoms with E-state index in [2.05, 4.69) is 34.4 Å². The molecule has 0 aromatic carbocycles. The normalized spacial score (nSPS) is 18.2. The molecule has 1 heterocycles. The number of ether oxygens (including phenoxy) is 1. The molecule has 5 heteroatoms. The Hall–Kier alpha value is -0.810. The minimum Gasteiger partial charge on any atom is -0.380 e. The van der Waals surface area contributed by atoms with E-state index in [4.69, 9.17) is 4.74 Å². The predicted octanol–water partition coefficient (Wildman–Crippen LogP) is 1.70. The van der Waals surface area contributed by atoms with Crippen LogP contribution in [0, 0.1) is 5.92 Å². The van der Waals surface area contributed by atoms with Crippen LogP contribution in [0.2, 0.25) is 0 Å². The van der Waals surface area contributed by atoms with Crippen LogP contribution in [0.3, 0.4) is 0 Å². The number of aliphatic imine (C=N–C) groups is 1. The van der Waals surface area contributed by atoms with Crippen molar-refractivity contribution in [3.05, 3.63) is 0 Å². The fourth-order valence-electron chi connectivity index (χ4n) is 2.83. The molecule has 1 rings (SSSR count). The summed E-state index contributed by atoms with van der Waals surface area (Å²) in [6.07, 6.45) is 3.93. The van der Waals surface area contributed by atoms with Crippen LogP contribution in [0.15, 0.2) is 4.99 Å². The van der Waals surface area contributed by atoms with Gasteiger partial charge in [-0.1, -0.05) is 13.8 Å². The van der Waals surface area contributed by atoms with Gasteiger partial charge in [0.05, 0.1) is 6.61 Å². The van der Waals surface area contributed by atoms with Gasteiger partial charge in [-0.05, 0) is 45.2 Å². The van der Waals surface area contributed by atoms with Crippen molar-refractivity contribution in [2.45, 2.75) is 46.1 Å². The lowest BCUT2D eigenvalue weighted by Gasteiger charge is -2.29. The van der Waals surface area contributed by atoms with Gasteiger partial charge in [0.15, 0.2) is 5.96 Å². The molecule has 0 radical (unpaired) electrons. The summed E-state index contributed by atoms with van der Waals surface area (Å²) < 4.78 is 5.33. The van der Waals surface area contributed by atoms with Gasteiger partial charge in [-0.15, -0.1) is 0 Å². The number of hydrogen-bond donors (Lipinski definition) is 2. The number of rotatable bonds is 9. The van der Waals surface area contributed by atoms with Crippen LogP contribution in [0.1, 0.15) is 40.0 Å². The van der Waals surface area contributed by atoms with Crippen LogP contribution in [0.25, 0.3) is 0 Å². The third-order valence-corrected chi connectivity index (χ3v) is 3.87. The van der Waals surface area contributed by atoms with Gasteiger partial charge in [0, 0.05) is 32.8 Å². The number of nitrogens with zero attached hydrogens (tertiary/aromatic N) is 2. The first-order chi connectivity index (χ1) is 10.2. The molecule has 1 saturated heterocycles. The smallest absolute Gasteiger partial charge is 0.191 e. The molecule has 0 spiro atoms. The van der Waals surface area contributed by atoms with E-state index in [1.165, 1.54) is 32.4 Å². The van der Waals surface area contributed by atoms with E-state index in [9.17, 15) is 0 Å². The molecule has 0 saturated carbocycles. The molecule has 1 fully saturated rings. The zero-order chi connectivity index (χ0) is 15.5. The van der Waals surface area contributed by atoms with Crippen LogP contribution in [0.5, 0.6) is 0 Å². The zero-order valence-corrected chi connectivity index (χ0v) is 14.3. The van der Waals surface area contributed by atoms with Gasteiger partial charge in [0.2, 0.25) is 0 Å². The minimum absolute atomic E-state index is 0.609. The first kappa shape index (κ1) is 18.2. The van der Waals surface area contributed by atoms with Crippen molar-refractivity contribution < 1.29 is 4.74 Å². The van der Waals surface area contributed by atoms with Gasteiger partial charge in [-0.3, -0.25) is 9.89 Å². The second-order valence-corrected chi connectivity index (χ2v) is 6.10. The van der Waals surface area contributed by atoms with E-state index in [1.54, 1.807) is 0 Å². The largest absolute Gasteiger partial charge is 0.380 e. The molecule has 0 aromatic heterocycles. The molecule has 2 N–H and O–H groups in total. The first-order valence-corrected chi connectivity index (χ1v) is 8.43. The molecule has 0 aliphatic carbocycles. The van der Waals surface area contributed by atoms with Crippen LogP contribution >= 0.6 is 0 Å². The van der Waals surface area contributed by atoms with E-state index >= 15 is 0 Å². The maximum atomic E-state index is 5.33. The van der Waals surface area contributed by atoms with Crippen LogP contribution in [0.4, 0.5) is 0 Å². The van der Waals surface area contributed by atoms with E-state index in [-0.39, 0.29) is 0 Å². The fraction of sp³-hybridized carbons (Fsp3) is 0.938. The summed E-state index contributed by atoms with van der Waals surface area (Å²) in [7, 11) is 1.82. The summed E-state index contributed by atoms with van der Waals surface area (Å²) in [4.78, 5) is 6.91. The Labute approximate surface area is 130 Å². The number of guanidine groups is 1. The predicted molar refractivity (Wildman–Crippen MR) is 89.9 cm³/mol. The van der Waals surface area contributed by atoms with Crippen molar-refractivity contribution in [1.29, 1.82) is 0 Å². The van der Waals surface area contributed by atoms with Crippen molar-refractivity contribution in [2.75, 3.05) is 46.4 Å². The number of likely N-dealkylation sites (tertiary alicyclic amines) is 1. The minimum atomic E-state index is 0.609. The maximum absolute atomic E-state index is 5.33. The average Bonchev–Trinajstić information content (AvgIpc) is 2.99. The SMILES string of the molecule is CCOCCNC(=NC)NCC(CC(C)C)N1CCCC1. The van der Waals surface area contributed by atoms with Gasteiger partial charge in [0.1, 0.15) is 0 Å². The summed E-state index contributed by atoms with van der Waals surface area (Å²) in [6.45, 7) is 12.4. The molecule has 1 unspecified atom stereocenters. The molecule has 0 bridgehead atoms. The topological polar surface area (TPSA) is 48.9 Å². The highest BCUT2D eigenvalue weighted by atomic mass is 16.5. The molecule has 1 aliphatic heterocycles. The highest BCUT2D eigenvalue weighted by molar-refractivity contribution is 5.79. The Balaban J connectivity index is 2.35. The second-order valence-electron chi connectivity index (χ2n) is 6.10. The summed E-state index contributed by atoms with van der Waals surface area (Å²) >= 11 is 0. The highest BCUT2D eigenvalue weighted by Gasteiger charge is 2.22. The van der Waals surface area contributed by atoms with Crippen molar-refractivity contribution in [3.63, 3.8) is 0 Å². The molecule has 21 heavy (non-hydrogen) atoms. The van der Waals surface area contributed by atoms with Crippen molar-refractivity contribution in [3.8, 4) is 0 Å². The lowest BCUT2D eigenvalue weighted by atomic mass is 10.0. The maximum Gasteiger partial charge on any atom is 0.191 e. The fourth-order valence-corrected chi connectivity index (χ4v) is 2.83. The number of hydrogen-bond acceptors (Lipinski definition) is 3. The molecule has 1 atom stereocenters. The number of nitrogens with one attached hydrogen (secondary N) is 2. The zero-order valence-electron chi connectivity index (χ0n) is 14.3. The van der Waals surface area contributed by atoms with Gasteiger partial charge in [0.25, 0.3) is 0 Å². The van der Waals surface area contributed by atoms with E-state index in [1.807, 2.05) is 14.0 Å². The van der Waals surface area contributed by atoms with Crippen molar-refractivity contribution >= 4 is 5.96 Å². The molecule has 5 nitrogen and oxygen atoms in total. The Morgan fingerprint density at radius 1 is 1.24 bits per heavy atom.